The van der Waals surface area contributed by atoms with Crippen LogP contribution in [0.1, 0.15) is 43.7 Å². The smallest absolute Gasteiger partial charge is 0.416 e. The van der Waals surface area contributed by atoms with Crippen LogP contribution in [0.25, 0.3) is 0 Å². The number of sulfonamides is 1. The van der Waals surface area contributed by atoms with Gasteiger partial charge in [0.2, 0.25) is 0 Å². The van der Waals surface area contributed by atoms with Gasteiger partial charge in [-0.2, -0.15) is 13.2 Å². The highest BCUT2D eigenvalue weighted by molar-refractivity contribution is 7.93. The number of halogens is 4. The molecule has 1 N–H and O–H groups in total. The molecule has 3 unspecified atom stereocenters. The zero-order valence-corrected chi connectivity index (χ0v) is 21.1. The van der Waals surface area contributed by atoms with Gasteiger partial charge in [-0.05, 0) is 30.7 Å². The monoisotopic (exact) mass is 546 g/mol. The molecule has 6 nitrogen and oxygen atoms in total. The van der Waals surface area contributed by atoms with Crippen LogP contribution < -0.4 is 14.2 Å². The van der Waals surface area contributed by atoms with E-state index in [0.717, 1.165) is 29.0 Å². The Morgan fingerprint density at radius 3 is 2.66 bits per heavy atom. The lowest BCUT2D eigenvalue weighted by Crippen LogP contribution is -2.28. The second-order valence-corrected chi connectivity index (χ2v) is 11.1. The first kappa shape index (κ1) is 25.6. The number of nitrogens with zero attached hydrogens (tertiary/aromatic N) is 1. The van der Waals surface area contributed by atoms with E-state index >= 15 is 0 Å². The Kier molecular flexibility index (Phi) is 7.21. The number of benzene rings is 2. The van der Waals surface area contributed by atoms with Gasteiger partial charge in [0.25, 0.3) is 10.0 Å². The first-order valence-corrected chi connectivity index (χ1v) is 13.5. The first-order valence-electron chi connectivity index (χ1n) is 10.7. The Labute approximate surface area is 210 Å². The van der Waals surface area contributed by atoms with E-state index in [0.29, 0.717) is 18.6 Å². The van der Waals surface area contributed by atoms with E-state index in [2.05, 4.69) is 9.71 Å². The van der Waals surface area contributed by atoms with Gasteiger partial charge in [0.15, 0.2) is 5.13 Å². The molecule has 35 heavy (non-hydrogen) atoms. The summed E-state index contributed by atoms with van der Waals surface area (Å²) >= 11 is 7.27. The molecule has 2 aromatic carbocycles. The summed E-state index contributed by atoms with van der Waals surface area (Å²) in [5.41, 5.74) is -0.133. The van der Waals surface area contributed by atoms with Gasteiger partial charge in [0, 0.05) is 35.5 Å². The minimum Gasteiger partial charge on any atom is -0.490 e. The lowest BCUT2D eigenvalue weighted by atomic mass is 9.92. The molecule has 0 bridgehead atoms. The summed E-state index contributed by atoms with van der Waals surface area (Å²) < 4.78 is 79.3. The first-order chi connectivity index (χ1) is 16.5. The van der Waals surface area contributed by atoms with Crippen LogP contribution in [0, 0.1) is 0 Å². The van der Waals surface area contributed by atoms with Gasteiger partial charge < -0.3 is 9.47 Å². The highest BCUT2D eigenvalue weighted by Crippen LogP contribution is 2.41. The van der Waals surface area contributed by atoms with Gasteiger partial charge in [0.1, 0.15) is 23.7 Å². The lowest BCUT2D eigenvalue weighted by Gasteiger charge is -2.25. The second kappa shape index (κ2) is 9.87. The van der Waals surface area contributed by atoms with Crippen LogP contribution in [0.2, 0.25) is 5.02 Å². The van der Waals surface area contributed by atoms with Gasteiger partial charge >= 0.3 is 6.18 Å². The summed E-state index contributed by atoms with van der Waals surface area (Å²) in [4.78, 5) is 3.98. The molecule has 0 spiro atoms. The molecule has 0 amide bonds. The van der Waals surface area contributed by atoms with Crippen molar-refractivity contribution in [1.82, 2.24) is 4.98 Å². The number of hydrogen-bond acceptors (Lipinski definition) is 6. The summed E-state index contributed by atoms with van der Waals surface area (Å²) in [5, 5.41) is 1.77. The van der Waals surface area contributed by atoms with Crippen LogP contribution in [0.3, 0.4) is 0 Å². The molecule has 188 valence electrons. The fourth-order valence-electron chi connectivity index (χ4n) is 3.83. The number of rotatable bonds is 6. The number of anilines is 1. The van der Waals surface area contributed by atoms with Gasteiger partial charge in [-0.3, -0.25) is 4.72 Å². The average Bonchev–Trinajstić information content (AvgIpc) is 3.25. The summed E-state index contributed by atoms with van der Waals surface area (Å²) in [6, 6.07) is 7.59. The van der Waals surface area contributed by atoms with E-state index in [1.165, 1.54) is 24.4 Å². The molecule has 0 saturated carbocycles. The van der Waals surface area contributed by atoms with Crippen molar-refractivity contribution in [1.29, 1.82) is 0 Å². The Morgan fingerprint density at radius 2 is 2.03 bits per heavy atom. The van der Waals surface area contributed by atoms with Crippen molar-refractivity contribution in [2.75, 3.05) is 4.72 Å². The standard InChI is InChI=1S/C23H22ClF3N2O4S2/c1-3-15-11-20(33-19-7-4-14(10-18(19)24)23(25,26)27)13(2)17-6-5-16(12-21(17)32-15)35(30,31)29-22-28-8-9-34-22/h4-10,12-13,15,20H,3,11H2,1-2H3,(H,28,29). The lowest BCUT2D eigenvalue weighted by molar-refractivity contribution is -0.137. The van der Waals surface area contributed by atoms with E-state index in [9.17, 15) is 21.6 Å². The minimum atomic E-state index is -4.51. The molecule has 1 aliphatic rings. The molecule has 3 atom stereocenters. The number of hydrogen-bond donors (Lipinski definition) is 1. The molecule has 0 radical (unpaired) electrons. The summed E-state index contributed by atoms with van der Waals surface area (Å²) in [6.07, 6.45) is -2.73. The topological polar surface area (TPSA) is 77.5 Å². The number of aromatic nitrogens is 1. The molecule has 1 aliphatic heterocycles. The molecule has 3 aromatic rings. The number of nitrogens with one attached hydrogen (secondary N) is 1. The predicted octanol–water partition coefficient (Wildman–Crippen LogP) is 6.73. The molecule has 12 heteroatoms. The molecule has 0 aliphatic carbocycles. The van der Waals surface area contributed by atoms with Crippen molar-refractivity contribution in [3.63, 3.8) is 0 Å². The number of fused-ring (bicyclic) bond motifs is 1. The summed E-state index contributed by atoms with van der Waals surface area (Å²) in [6.45, 7) is 3.82. The van der Waals surface area contributed by atoms with Crippen LogP contribution >= 0.6 is 22.9 Å². The van der Waals surface area contributed by atoms with Gasteiger partial charge in [0.05, 0.1) is 15.5 Å². The second-order valence-electron chi connectivity index (χ2n) is 8.11. The highest BCUT2D eigenvalue weighted by atomic mass is 35.5. The van der Waals surface area contributed by atoms with Gasteiger partial charge in [-0.1, -0.05) is 31.5 Å². The van der Waals surface area contributed by atoms with Crippen LogP contribution in [-0.2, 0) is 16.2 Å². The normalized spacial score (nSPS) is 20.5. The molecule has 0 fully saturated rings. The maximum absolute atomic E-state index is 13.0. The molecule has 0 saturated heterocycles. The Morgan fingerprint density at radius 1 is 1.26 bits per heavy atom. The van der Waals surface area contributed by atoms with Crippen molar-refractivity contribution in [2.24, 2.45) is 0 Å². The van der Waals surface area contributed by atoms with Crippen LogP contribution in [0.5, 0.6) is 11.5 Å². The molecule has 1 aromatic heterocycles. The van der Waals surface area contributed by atoms with E-state index in [-0.39, 0.29) is 32.8 Å². The van der Waals surface area contributed by atoms with Crippen molar-refractivity contribution in [2.45, 2.75) is 55.9 Å². The largest absolute Gasteiger partial charge is 0.490 e. The number of alkyl halides is 3. The zero-order valence-electron chi connectivity index (χ0n) is 18.7. The Hall–Kier alpha value is -2.50. The third-order valence-electron chi connectivity index (χ3n) is 5.78. The Bertz CT molecular complexity index is 1300. The molecule has 2 heterocycles. The van der Waals surface area contributed by atoms with Crippen molar-refractivity contribution >= 4 is 38.1 Å². The minimum absolute atomic E-state index is 0.0265. The summed E-state index contributed by atoms with van der Waals surface area (Å²) in [7, 11) is -3.88. The van der Waals surface area contributed by atoms with Crippen molar-refractivity contribution in [3.8, 4) is 11.5 Å². The average molecular weight is 547 g/mol. The third-order valence-corrected chi connectivity index (χ3v) is 8.23. The maximum atomic E-state index is 13.0. The van der Waals surface area contributed by atoms with Crippen molar-refractivity contribution < 1.29 is 31.1 Å². The number of thiazole rings is 1. The van der Waals surface area contributed by atoms with Crippen molar-refractivity contribution in [3.05, 3.63) is 64.1 Å². The van der Waals surface area contributed by atoms with Gasteiger partial charge in [-0.15, -0.1) is 11.3 Å². The fraction of sp³-hybridized carbons (Fsp3) is 0.348. The Balaban J connectivity index is 1.63. The zero-order chi connectivity index (χ0) is 25.4. The van der Waals surface area contributed by atoms with E-state index in [1.54, 1.807) is 11.4 Å². The van der Waals surface area contributed by atoms with Crippen LogP contribution in [-0.4, -0.2) is 25.6 Å². The van der Waals surface area contributed by atoms with Gasteiger partial charge in [-0.25, -0.2) is 13.4 Å². The quantitative estimate of drug-likeness (QED) is 0.371. The maximum Gasteiger partial charge on any atom is 0.416 e. The van der Waals surface area contributed by atoms with E-state index < -0.39 is 27.9 Å². The van der Waals surface area contributed by atoms with Crippen LogP contribution in [0.15, 0.2) is 52.9 Å². The molecular weight excluding hydrogens is 525 g/mol. The molecular formula is C23H22ClF3N2O4S2. The fourth-order valence-corrected chi connectivity index (χ4v) is 5.86. The number of ether oxygens (including phenoxy) is 2. The summed E-state index contributed by atoms with van der Waals surface area (Å²) in [5.74, 6) is 0.293. The third kappa shape index (κ3) is 5.68. The molecule has 4 rings (SSSR count). The predicted molar refractivity (Wildman–Crippen MR) is 128 cm³/mol. The van der Waals surface area contributed by atoms with Crippen LogP contribution in [0.4, 0.5) is 18.3 Å². The SMILES string of the molecule is CCC1CC(Oc2ccc(C(F)(F)F)cc2Cl)C(C)c2ccc(S(=O)(=O)Nc3nccs3)cc2O1. The van der Waals surface area contributed by atoms with E-state index in [1.807, 2.05) is 13.8 Å². The van der Waals surface area contributed by atoms with E-state index in [4.69, 9.17) is 21.1 Å². The highest BCUT2D eigenvalue weighted by Gasteiger charge is 2.34.